The number of hydrogen-bond acceptors (Lipinski definition) is 2. The summed E-state index contributed by atoms with van der Waals surface area (Å²) in [5.74, 6) is 0.309. The summed E-state index contributed by atoms with van der Waals surface area (Å²) in [7, 11) is 0. The van der Waals surface area contributed by atoms with Crippen molar-refractivity contribution >= 4 is 16.6 Å². The quantitative estimate of drug-likeness (QED) is 0.749. The average molecular weight is 266 g/mol. The number of aryl methyl sites for hydroxylation is 1. The van der Waals surface area contributed by atoms with Gasteiger partial charge in [0, 0.05) is 11.1 Å². The van der Waals surface area contributed by atoms with Gasteiger partial charge in [-0.2, -0.15) is 0 Å². The maximum absolute atomic E-state index is 9.71. The van der Waals surface area contributed by atoms with E-state index < -0.39 is 0 Å². The molecule has 102 valence electrons. The van der Waals surface area contributed by atoms with E-state index in [1.807, 2.05) is 42.5 Å². The molecule has 0 aliphatic heterocycles. The van der Waals surface area contributed by atoms with Gasteiger partial charge in [-0.05, 0) is 49.2 Å². The number of hydrogen-bond donors (Lipinski definition) is 2. The van der Waals surface area contributed by atoms with E-state index in [4.69, 9.17) is 0 Å². The van der Waals surface area contributed by atoms with Crippen LogP contribution in [0, 0.1) is 6.92 Å². The highest BCUT2D eigenvalue weighted by Gasteiger charge is 2.13. The molecule has 2 aromatic carbocycles. The Morgan fingerprint density at radius 3 is 2.55 bits per heavy atom. The van der Waals surface area contributed by atoms with Crippen LogP contribution in [-0.4, -0.2) is 9.78 Å². The molecule has 0 saturated carbocycles. The Bertz CT molecular complexity index is 745. The third kappa shape index (κ3) is 2.01. The topological polar surface area (TPSA) is 37.2 Å². The van der Waals surface area contributed by atoms with Crippen molar-refractivity contribution in [2.45, 2.75) is 20.3 Å². The van der Waals surface area contributed by atoms with Gasteiger partial charge in [-0.15, -0.1) is 0 Å². The molecule has 0 saturated heterocycles. The molecule has 0 atom stereocenters. The number of aromatic hydroxyl groups is 1. The summed E-state index contributed by atoms with van der Waals surface area (Å²) >= 11 is 0. The number of nitrogens with one attached hydrogen (secondary N) is 1. The minimum absolute atomic E-state index is 0.309. The smallest absolute Gasteiger partial charge is 0.116 e. The lowest BCUT2D eigenvalue weighted by Gasteiger charge is -2.12. The van der Waals surface area contributed by atoms with Crippen molar-refractivity contribution in [3.63, 3.8) is 0 Å². The monoisotopic (exact) mass is 266 g/mol. The van der Waals surface area contributed by atoms with E-state index >= 15 is 0 Å². The maximum atomic E-state index is 9.71. The van der Waals surface area contributed by atoms with Gasteiger partial charge in [0.2, 0.25) is 0 Å². The first-order valence-electron chi connectivity index (χ1n) is 6.85. The van der Waals surface area contributed by atoms with Crippen molar-refractivity contribution in [2.24, 2.45) is 0 Å². The first kappa shape index (κ1) is 12.6. The first-order chi connectivity index (χ1) is 9.70. The van der Waals surface area contributed by atoms with Gasteiger partial charge in [0.25, 0.3) is 0 Å². The Balaban J connectivity index is 2.17. The lowest BCUT2D eigenvalue weighted by Crippen LogP contribution is -2.10. The number of rotatable bonds is 3. The van der Waals surface area contributed by atoms with Crippen LogP contribution >= 0.6 is 0 Å². The fraction of sp³-hybridized carbons (Fsp3) is 0.176. The molecule has 0 spiro atoms. The molecule has 20 heavy (non-hydrogen) atoms. The highest BCUT2D eigenvalue weighted by Crippen LogP contribution is 2.29. The van der Waals surface area contributed by atoms with Crippen LogP contribution in [0.5, 0.6) is 5.75 Å². The van der Waals surface area contributed by atoms with Crippen molar-refractivity contribution in [3.8, 4) is 5.75 Å². The molecule has 0 amide bonds. The first-order valence-corrected chi connectivity index (χ1v) is 6.85. The molecule has 0 radical (unpaired) electrons. The summed E-state index contributed by atoms with van der Waals surface area (Å²) in [6, 6.07) is 15.6. The molecule has 3 rings (SSSR count). The Hall–Kier alpha value is -2.42. The standard InChI is InChI=1S/C17H18N2O/c1-3-15-12(2)19(18-13-7-5-4-6-8-13)17-10-9-14(20)11-16(15)17/h4-11,18,20H,3H2,1-2H3. The number of aromatic nitrogens is 1. The third-order valence-electron chi connectivity index (χ3n) is 3.69. The minimum atomic E-state index is 0.309. The van der Waals surface area contributed by atoms with Crippen molar-refractivity contribution < 1.29 is 5.11 Å². The normalized spacial score (nSPS) is 10.9. The Kier molecular flexibility index (Phi) is 3.11. The van der Waals surface area contributed by atoms with Crippen LogP contribution in [0.1, 0.15) is 18.2 Å². The zero-order valence-corrected chi connectivity index (χ0v) is 11.7. The SMILES string of the molecule is CCc1c(C)n(Nc2ccccc2)c2ccc(O)cc12. The van der Waals surface area contributed by atoms with Gasteiger partial charge >= 0.3 is 0 Å². The summed E-state index contributed by atoms with van der Waals surface area (Å²) in [6.45, 7) is 4.24. The zero-order valence-electron chi connectivity index (χ0n) is 11.7. The second-order valence-corrected chi connectivity index (χ2v) is 4.93. The third-order valence-corrected chi connectivity index (χ3v) is 3.69. The highest BCUT2D eigenvalue weighted by atomic mass is 16.3. The molecule has 2 N–H and O–H groups in total. The van der Waals surface area contributed by atoms with Gasteiger partial charge in [0.1, 0.15) is 5.75 Å². The van der Waals surface area contributed by atoms with E-state index in [9.17, 15) is 5.11 Å². The van der Waals surface area contributed by atoms with E-state index in [-0.39, 0.29) is 0 Å². The Morgan fingerprint density at radius 2 is 1.85 bits per heavy atom. The van der Waals surface area contributed by atoms with Crippen LogP contribution in [0.2, 0.25) is 0 Å². The number of phenols is 1. The van der Waals surface area contributed by atoms with E-state index in [0.29, 0.717) is 5.75 Å². The van der Waals surface area contributed by atoms with Crippen molar-refractivity contribution in [1.29, 1.82) is 0 Å². The van der Waals surface area contributed by atoms with Crippen LogP contribution in [0.4, 0.5) is 5.69 Å². The fourth-order valence-electron chi connectivity index (χ4n) is 2.70. The fourth-order valence-corrected chi connectivity index (χ4v) is 2.70. The molecule has 0 aliphatic carbocycles. The predicted octanol–water partition coefficient (Wildman–Crippen LogP) is 4.09. The van der Waals surface area contributed by atoms with Crippen LogP contribution in [0.15, 0.2) is 48.5 Å². The number of fused-ring (bicyclic) bond motifs is 1. The van der Waals surface area contributed by atoms with Crippen molar-refractivity contribution in [2.75, 3.05) is 5.43 Å². The highest BCUT2D eigenvalue weighted by molar-refractivity contribution is 5.87. The second kappa shape index (κ2) is 4.93. The van der Waals surface area contributed by atoms with Crippen molar-refractivity contribution in [3.05, 3.63) is 59.8 Å². The second-order valence-electron chi connectivity index (χ2n) is 4.93. The number of benzene rings is 2. The van der Waals surface area contributed by atoms with Gasteiger partial charge in [-0.1, -0.05) is 25.1 Å². The molecule has 3 heteroatoms. The molecule has 1 aromatic heterocycles. The predicted molar refractivity (Wildman–Crippen MR) is 83.2 cm³/mol. The molecule has 0 bridgehead atoms. The van der Waals surface area contributed by atoms with Gasteiger partial charge in [-0.3, -0.25) is 10.1 Å². The number of para-hydroxylation sites is 1. The Morgan fingerprint density at radius 1 is 1.10 bits per heavy atom. The van der Waals surface area contributed by atoms with Crippen LogP contribution < -0.4 is 5.43 Å². The summed E-state index contributed by atoms with van der Waals surface area (Å²) in [4.78, 5) is 0. The molecular weight excluding hydrogens is 248 g/mol. The van der Waals surface area contributed by atoms with E-state index in [0.717, 1.165) is 23.0 Å². The van der Waals surface area contributed by atoms with Crippen molar-refractivity contribution in [1.82, 2.24) is 4.68 Å². The molecular formula is C17H18N2O. The van der Waals surface area contributed by atoms with E-state index in [1.165, 1.54) is 11.3 Å². The maximum Gasteiger partial charge on any atom is 0.116 e. The van der Waals surface area contributed by atoms with Gasteiger partial charge in [0.05, 0.1) is 11.2 Å². The number of anilines is 1. The number of phenolic OH excluding ortho intramolecular Hbond substituents is 1. The summed E-state index contributed by atoms with van der Waals surface area (Å²) in [5, 5.41) is 10.8. The van der Waals surface area contributed by atoms with E-state index in [2.05, 4.69) is 23.9 Å². The van der Waals surface area contributed by atoms with Gasteiger partial charge in [-0.25, -0.2) is 0 Å². The van der Waals surface area contributed by atoms with Gasteiger partial charge < -0.3 is 5.11 Å². The molecule has 3 aromatic rings. The molecule has 0 fully saturated rings. The summed E-state index contributed by atoms with van der Waals surface area (Å²) < 4.78 is 2.09. The molecule has 0 unspecified atom stereocenters. The van der Waals surface area contributed by atoms with Crippen LogP contribution in [0.3, 0.4) is 0 Å². The lowest BCUT2D eigenvalue weighted by atomic mass is 10.1. The summed E-state index contributed by atoms with van der Waals surface area (Å²) in [5.41, 5.74) is 7.99. The lowest BCUT2D eigenvalue weighted by molar-refractivity contribution is 0.476. The zero-order chi connectivity index (χ0) is 14.1. The van der Waals surface area contributed by atoms with E-state index in [1.54, 1.807) is 6.07 Å². The van der Waals surface area contributed by atoms with Crippen LogP contribution in [-0.2, 0) is 6.42 Å². The van der Waals surface area contributed by atoms with Crippen LogP contribution in [0.25, 0.3) is 10.9 Å². The molecule has 0 aliphatic rings. The summed E-state index contributed by atoms with van der Waals surface area (Å²) in [6.07, 6.45) is 0.940. The van der Waals surface area contributed by atoms with Gasteiger partial charge in [0.15, 0.2) is 0 Å². The average Bonchev–Trinajstić information content (AvgIpc) is 2.71. The number of nitrogens with zero attached hydrogens (tertiary/aromatic N) is 1. The molecule has 3 nitrogen and oxygen atoms in total. The molecule has 1 heterocycles. The Labute approximate surface area is 118 Å². The largest absolute Gasteiger partial charge is 0.508 e. The minimum Gasteiger partial charge on any atom is -0.508 e.